The Balaban J connectivity index is 2.06. The summed E-state index contributed by atoms with van der Waals surface area (Å²) in [5.74, 6) is 0.975. The Morgan fingerprint density at radius 1 is 1.30 bits per heavy atom. The largest absolute Gasteiger partial charge is 0.411 e. The smallest absolute Gasteiger partial charge is 0.276 e. The van der Waals surface area contributed by atoms with Crippen molar-refractivity contribution >= 4 is 23.4 Å². The average Bonchev–Trinajstić information content (AvgIpc) is 2.94. The molecule has 0 unspecified atom stereocenters. The van der Waals surface area contributed by atoms with E-state index in [9.17, 15) is 5.11 Å². The van der Waals surface area contributed by atoms with Gasteiger partial charge in [0.25, 0.3) is 5.22 Å². The quantitative estimate of drug-likeness (QED) is 0.816. The van der Waals surface area contributed by atoms with E-state index in [-0.39, 0.29) is 0 Å². The summed E-state index contributed by atoms with van der Waals surface area (Å²) in [6, 6.07) is 7.27. The summed E-state index contributed by atoms with van der Waals surface area (Å²) in [5, 5.41) is 19.3. The van der Waals surface area contributed by atoms with E-state index in [0.29, 0.717) is 34.7 Å². The first-order valence-corrected chi connectivity index (χ1v) is 7.87. The van der Waals surface area contributed by atoms with Crippen LogP contribution in [0.3, 0.4) is 0 Å². The lowest BCUT2D eigenvalue weighted by molar-refractivity contribution is 0.0570. The van der Waals surface area contributed by atoms with Crippen LogP contribution < -0.4 is 0 Å². The van der Waals surface area contributed by atoms with Gasteiger partial charge in [-0.2, -0.15) is 0 Å². The highest BCUT2D eigenvalue weighted by molar-refractivity contribution is 7.99. The van der Waals surface area contributed by atoms with Crippen molar-refractivity contribution in [1.82, 2.24) is 10.2 Å². The highest BCUT2D eigenvalue weighted by Gasteiger charge is 2.23. The van der Waals surface area contributed by atoms with E-state index in [1.165, 1.54) is 11.8 Å². The predicted octanol–water partition coefficient (Wildman–Crippen LogP) is 4.03. The summed E-state index contributed by atoms with van der Waals surface area (Å²) in [7, 11) is 0. The number of benzene rings is 1. The van der Waals surface area contributed by atoms with Gasteiger partial charge in [0.1, 0.15) is 0 Å². The Hall–Kier alpha value is -1.04. The molecule has 0 fully saturated rings. The van der Waals surface area contributed by atoms with Gasteiger partial charge < -0.3 is 9.52 Å². The number of rotatable bonds is 6. The van der Waals surface area contributed by atoms with E-state index < -0.39 is 5.60 Å². The highest BCUT2D eigenvalue weighted by atomic mass is 35.5. The normalized spacial score (nSPS) is 11.8. The number of aromatic nitrogens is 2. The molecular weight excluding hydrogens is 296 g/mol. The molecule has 0 saturated heterocycles. The van der Waals surface area contributed by atoms with Crippen LogP contribution in [-0.2, 0) is 0 Å². The minimum Gasteiger partial charge on any atom is -0.411 e. The maximum absolute atomic E-state index is 10.2. The van der Waals surface area contributed by atoms with Gasteiger partial charge in [-0.25, -0.2) is 0 Å². The summed E-state index contributed by atoms with van der Waals surface area (Å²) < 4.78 is 5.58. The SMILES string of the molecule is CCC(O)(CC)CSc1nnc(-c2cccc(Cl)c2)o1. The van der Waals surface area contributed by atoms with Crippen LogP contribution in [0.5, 0.6) is 0 Å². The van der Waals surface area contributed by atoms with Gasteiger partial charge in [0, 0.05) is 16.3 Å². The van der Waals surface area contributed by atoms with E-state index in [1.807, 2.05) is 26.0 Å². The van der Waals surface area contributed by atoms with Crippen molar-refractivity contribution in [3.63, 3.8) is 0 Å². The number of thioether (sulfide) groups is 1. The molecule has 0 aliphatic carbocycles. The summed E-state index contributed by atoms with van der Waals surface area (Å²) in [4.78, 5) is 0. The fraction of sp³-hybridized carbons (Fsp3) is 0.429. The molecule has 6 heteroatoms. The second-order valence-electron chi connectivity index (χ2n) is 4.60. The average molecular weight is 313 g/mol. The monoisotopic (exact) mass is 312 g/mol. The predicted molar refractivity (Wildman–Crippen MR) is 81.0 cm³/mol. The van der Waals surface area contributed by atoms with Crippen LogP contribution in [0.4, 0.5) is 0 Å². The number of aliphatic hydroxyl groups is 1. The van der Waals surface area contributed by atoms with E-state index in [2.05, 4.69) is 10.2 Å². The van der Waals surface area contributed by atoms with Crippen LogP contribution in [0.1, 0.15) is 26.7 Å². The molecule has 2 rings (SSSR count). The molecule has 0 atom stereocenters. The van der Waals surface area contributed by atoms with Gasteiger partial charge in [-0.3, -0.25) is 0 Å². The van der Waals surface area contributed by atoms with Crippen molar-refractivity contribution in [2.24, 2.45) is 0 Å². The van der Waals surface area contributed by atoms with Crippen LogP contribution in [0, 0.1) is 0 Å². The molecule has 1 aromatic heterocycles. The maximum Gasteiger partial charge on any atom is 0.276 e. The third-order valence-electron chi connectivity index (χ3n) is 3.26. The van der Waals surface area contributed by atoms with E-state index in [1.54, 1.807) is 12.1 Å². The van der Waals surface area contributed by atoms with Gasteiger partial charge in [-0.15, -0.1) is 10.2 Å². The molecule has 20 heavy (non-hydrogen) atoms. The fourth-order valence-electron chi connectivity index (χ4n) is 1.66. The van der Waals surface area contributed by atoms with Gasteiger partial charge in [-0.1, -0.05) is 43.3 Å². The van der Waals surface area contributed by atoms with Crippen molar-refractivity contribution in [3.8, 4) is 11.5 Å². The molecule has 2 aromatic rings. The standard InChI is InChI=1S/C14H17ClN2O2S/c1-3-14(18,4-2)9-20-13-17-16-12(19-13)10-6-5-7-11(15)8-10/h5-8,18H,3-4,9H2,1-2H3. The molecule has 1 aromatic carbocycles. The molecule has 0 aliphatic rings. The zero-order chi connectivity index (χ0) is 14.6. The highest BCUT2D eigenvalue weighted by Crippen LogP contribution is 2.28. The first-order valence-electron chi connectivity index (χ1n) is 6.51. The molecule has 0 saturated carbocycles. The Kier molecular flexibility index (Phi) is 5.07. The molecule has 0 aliphatic heterocycles. The summed E-state index contributed by atoms with van der Waals surface area (Å²) in [6.07, 6.45) is 1.40. The van der Waals surface area contributed by atoms with Crippen LogP contribution in [-0.4, -0.2) is 26.7 Å². The van der Waals surface area contributed by atoms with Crippen LogP contribution in [0.15, 0.2) is 33.9 Å². The summed E-state index contributed by atoms with van der Waals surface area (Å²) >= 11 is 7.30. The second kappa shape index (κ2) is 6.61. The maximum atomic E-state index is 10.2. The number of halogens is 1. The molecule has 0 bridgehead atoms. The lowest BCUT2D eigenvalue weighted by Gasteiger charge is -2.23. The van der Waals surface area contributed by atoms with Gasteiger partial charge in [0.15, 0.2) is 0 Å². The third kappa shape index (κ3) is 3.75. The molecular formula is C14H17ClN2O2S. The van der Waals surface area contributed by atoms with Crippen molar-refractivity contribution in [3.05, 3.63) is 29.3 Å². The zero-order valence-corrected chi connectivity index (χ0v) is 13.0. The van der Waals surface area contributed by atoms with Crippen molar-refractivity contribution in [2.45, 2.75) is 37.5 Å². The van der Waals surface area contributed by atoms with Gasteiger partial charge in [-0.05, 0) is 31.0 Å². The van der Waals surface area contributed by atoms with Crippen molar-refractivity contribution in [2.75, 3.05) is 5.75 Å². The Morgan fingerprint density at radius 3 is 2.70 bits per heavy atom. The van der Waals surface area contributed by atoms with E-state index in [0.717, 1.165) is 5.56 Å². The minimum absolute atomic E-state index is 0.437. The van der Waals surface area contributed by atoms with E-state index in [4.69, 9.17) is 16.0 Å². The van der Waals surface area contributed by atoms with Crippen molar-refractivity contribution in [1.29, 1.82) is 0 Å². The lowest BCUT2D eigenvalue weighted by Crippen LogP contribution is -2.29. The van der Waals surface area contributed by atoms with Crippen LogP contribution >= 0.6 is 23.4 Å². The van der Waals surface area contributed by atoms with Gasteiger partial charge in [0.05, 0.1) is 5.60 Å². The van der Waals surface area contributed by atoms with Gasteiger partial charge in [0.2, 0.25) is 5.89 Å². The molecule has 1 N–H and O–H groups in total. The third-order valence-corrected chi connectivity index (χ3v) is 4.59. The topological polar surface area (TPSA) is 59.2 Å². The molecule has 0 radical (unpaired) electrons. The molecule has 1 heterocycles. The van der Waals surface area contributed by atoms with Crippen LogP contribution in [0.25, 0.3) is 11.5 Å². The molecule has 0 amide bonds. The molecule has 0 spiro atoms. The second-order valence-corrected chi connectivity index (χ2v) is 5.97. The van der Waals surface area contributed by atoms with Crippen LogP contribution in [0.2, 0.25) is 5.02 Å². The fourth-order valence-corrected chi connectivity index (χ4v) is 2.88. The summed E-state index contributed by atoms with van der Waals surface area (Å²) in [5.41, 5.74) is 0.105. The van der Waals surface area contributed by atoms with Gasteiger partial charge >= 0.3 is 0 Å². The number of hydrogen-bond donors (Lipinski definition) is 1. The Labute approximate surface area is 127 Å². The first kappa shape index (κ1) is 15.4. The number of hydrogen-bond acceptors (Lipinski definition) is 5. The first-order chi connectivity index (χ1) is 9.56. The Morgan fingerprint density at radius 2 is 2.05 bits per heavy atom. The Bertz CT molecular complexity index is 570. The zero-order valence-electron chi connectivity index (χ0n) is 11.5. The summed E-state index contributed by atoms with van der Waals surface area (Å²) in [6.45, 7) is 3.94. The number of nitrogens with zero attached hydrogens (tertiary/aromatic N) is 2. The molecule has 108 valence electrons. The minimum atomic E-state index is -0.685. The van der Waals surface area contributed by atoms with Crippen molar-refractivity contribution < 1.29 is 9.52 Å². The lowest BCUT2D eigenvalue weighted by atomic mass is 10.0. The molecule has 4 nitrogen and oxygen atoms in total. The van der Waals surface area contributed by atoms with E-state index >= 15 is 0 Å².